The second kappa shape index (κ2) is 5.87. The van der Waals surface area contributed by atoms with Crippen molar-refractivity contribution in [1.29, 1.82) is 0 Å². The van der Waals surface area contributed by atoms with Gasteiger partial charge in [0, 0.05) is 16.1 Å². The van der Waals surface area contributed by atoms with Crippen molar-refractivity contribution in [2.75, 3.05) is 13.7 Å². The maximum absolute atomic E-state index is 5.91. The molecular weight excluding hydrogens is 278 g/mol. The molecule has 94 valence electrons. The molecule has 0 radical (unpaired) electrons. The van der Waals surface area contributed by atoms with Gasteiger partial charge >= 0.3 is 0 Å². The van der Waals surface area contributed by atoms with Crippen LogP contribution in [0.25, 0.3) is 0 Å². The molecule has 2 nitrogen and oxygen atoms in total. The van der Waals surface area contributed by atoms with Crippen LogP contribution in [0.1, 0.15) is 37.8 Å². The van der Waals surface area contributed by atoms with Gasteiger partial charge in [-0.1, -0.05) is 28.8 Å². The molecule has 1 aromatic rings. The van der Waals surface area contributed by atoms with Gasteiger partial charge in [0.05, 0.1) is 6.61 Å². The Morgan fingerprint density at radius 3 is 2.88 bits per heavy atom. The minimum atomic E-state index is 0.309. The number of ether oxygens (including phenoxy) is 1. The van der Waals surface area contributed by atoms with Crippen LogP contribution < -0.4 is 10.1 Å². The second-order valence-corrected chi connectivity index (χ2v) is 5.69. The average molecular weight is 298 g/mol. The lowest BCUT2D eigenvalue weighted by atomic mass is 10.1. The van der Waals surface area contributed by atoms with Crippen LogP contribution in [-0.2, 0) is 0 Å². The van der Waals surface area contributed by atoms with E-state index >= 15 is 0 Å². The third-order valence-electron chi connectivity index (χ3n) is 3.35. The molecule has 1 atom stereocenters. The number of rotatable bonds is 6. The van der Waals surface area contributed by atoms with Crippen LogP contribution in [0.5, 0.6) is 5.75 Å². The SMILES string of the molecule is CNC(C)c1cc(Br)ccc1OCCC1CC1. The zero-order valence-corrected chi connectivity index (χ0v) is 12.1. The topological polar surface area (TPSA) is 21.3 Å². The van der Waals surface area contributed by atoms with Crippen LogP contribution >= 0.6 is 15.9 Å². The predicted octanol–water partition coefficient (Wildman–Crippen LogP) is 3.91. The molecule has 2 rings (SSSR count). The lowest BCUT2D eigenvalue weighted by Crippen LogP contribution is -2.14. The molecule has 1 aliphatic rings. The molecule has 0 saturated heterocycles. The molecule has 1 aliphatic carbocycles. The summed E-state index contributed by atoms with van der Waals surface area (Å²) >= 11 is 3.51. The minimum Gasteiger partial charge on any atom is -0.493 e. The molecule has 1 unspecified atom stereocenters. The molecule has 0 spiro atoms. The van der Waals surface area contributed by atoms with E-state index in [0.29, 0.717) is 6.04 Å². The largest absolute Gasteiger partial charge is 0.493 e. The Morgan fingerprint density at radius 1 is 1.47 bits per heavy atom. The van der Waals surface area contributed by atoms with E-state index < -0.39 is 0 Å². The molecule has 0 bridgehead atoms. The van der Waals surface area contributed by atoms with E-state index in [2.05, 4.69) is 40.3 Å². The molecule has 1 aromatic carbocycles. The zero-order chi connectivity index (χ0) is 12.3. The highest BCUT2D eigenvalue weighted by Gasteiger charge is 2.21. The highest BCUT2D eigenvalue weighted by atomic mass is 79.9. The molecule has 0 aliphatic heterocycles. The molecule has 1 N–H and O–H groups in total. The fourth-order valence-corrected chi connectivity index (χ4v) is 2.27. The van der Waals surface area contributed by atoms with E-state index in [1.807, 2.05) is 13.1 Å². The van der Waals surface area contributed by atoms with Gasteiger partial charge in [0.15, 0.2) is 0 Å². The number of halogens is 1. The van der Waals surface area contributed by atoms with E-state index in [1.54, 1.807) is 0 Å². The Kier molecular flexibility index (Phi) is 4.46. The predicted molar refractivity (Wildman–Crippen MR) is 74.5 cm³/mol. The first-order valence-corrected chi connectivity index (χ1v) is 7.09. The summed E-state index contributed by atoms with van der Waals surface area (Å²) in [6.07, 6.45) is 3.98. The van der Waals surface area contributed by atoms with E-state index in [4.69, 9.17) is 4.74 Å². The van der Waals surface area contributed by atoms with Crippen molar-refractivity contribution in [1.82, 2.24) is 5.32 Å². The summed E-state index contributed by atoms with van der Waals surface area (Å²) in [6.45, 7) is 2.99. The first-order chi connectivity index (χ1) is 8.20. The van der Waals surface area contributed by atoms with Gasteiger partial charge in [0.1, 0.15) is 5.75 Å². The number of hydrogen-bond donors (Lipinski definition) is 1. The Hall–Kier alpha value is -0.540. The van der Waals surface area contributed by atoms with Crippen LogP contribution in [0, 0.1) is 5.92 Å². The fraction of sp³-hybridized carbons (Fsp3) is 0.571. The van der Waals surface area contributed by atoms with Gasteiger partial charge in [0.2, 0.25) is 0 Å². The first kappa shape index (κ1) is 12.9. The van der Waals surface area contributed by atoms with Gasteiger partial charge in [-0.25, -0.2) is 0 Å². The Balaban J connectivity index is 2.02. The number of hydrogen-bond acceptors (Lipinski definition) is 2. The molecule has 0 heterocycles. The summed E-state index contributed by atoms with van der Waals surface area (Å²) in [5.41, 5.74) is 1.22. The van der Waals surface area contributed by atoms with Crippen molar-refractivity contribution >= 4 is 15.9 Å². The van der Waals surface area contributed by atoms with E-state index in [0.717, 1.165) is 22.7 Å². The van der Waals surface area contributed by atoms with Crippen LogP contribution in [0.2, 0.25) is 0 Å². The minimum absolute atomic E-state index is 0.309. The highest BCUT2D eigenvalue weighted by Crippen LogP contribution is 2.33. The van der Waals surface area contributed by atoms with Gasteiger partial charge in [-0.15, -0.1) is 0 Å². The molecule has 0 amide bonds. The third-order valence-corrected chi connectivity index (χ3v) is 3.85. The fourth-order valence-electron chi connectivity index (χ4n) is 1.89. The molecule has 3 heteroatoms. The van der Waals surface area contributed by atoms with E-state index in [-0.39, 0.29) is 0 Å². The van der Waals surface area contributed by atoms with Crippen molar-refractivity contribution in [2.45, 2.75) is 32.2 Å². The summed E-state index contributed by atoms with van der Waals surface area (Å²) in [5.74, 6) is 1.94. The van der Waals surface area contributed by atoms with Crippen molar-refractivity contribution < 1.29 is 4.74 Å². The first-order valence-electron chi connectivity index (χ1n) is 6.30. The zero-order valence-electron chi connectivity index (χ0n) is 10.5. The maximum atomic E-state index is 5.91. The summed E-state index contributed by atoms with van der Waals surface area (Å²) in [5, 5.41) is 3.26. The van der Waals surface area contributed by atoms with Crippen LogP contribution in [-0.4, -0.2) is 13.7 Å². The summed E-state index contributed by atoms with van der Waals surface area (Å²) in [4.78, 5) is 0. The standard InChI is InChI=1S/C14H20BrNO/c1-10(16-2)13-9-12(15)5-6-14(13)17-8-7-11-3-4-11/h5-6,9-11,16H,3-4,7-8H2,1-2H3. The summed E-state index contributed by atoms with van der Waals surface area (Å²) in [6, 6.07) is 6.54. The summed E-state index contributed by atoms with van der Waals surface area (Å²) < 4.78 is 7.01. The Bertz CT molecular complexity index is 376. The lowest BCUT2D eigenvalue weighted by Gasteiger charge is -2.17. The van der Waals surface area contributed by atoms with Crippen LogP contribution in [0.15, 0.2) is 22.7 Å². The van der Waals surface area contributed by atoms with Crippen molar-refractivity contribution in [3.8, 4) is 5.75 Å². The van der Waals surface area contributed by atoms with Crippen molar-refractivity contribution in [3.63, 3.8) is 0 Å². The normalized spacial score (nSPS) is 16.9. The molecular formula is C14H20BrNO. The molecule has 17 heavy (non-hydrogen) atoms. The molecule has 0 aromatic heterocycles. The van der Waals surface area contributed by atoms with Crippen LogP contribution in [0.4, 0.5) is 0 Å². The molecule has 1 saturated carbocycles. The summed E-state index contributed by atoms with van der Waals surface area (Å²) in [7, 11) is 1.97. The average Bonchev–Trinajstić information content (AvgIpc) is 3.14. The quantitative estimate of drug-likeness (QED) is 0.860. The van der Waals surface area contributed by atoms with Gasteiger partial charge in [-0.3, -0.25) is 0 Å². The smallest absolute Gasteiger partial charge is 0.124 e. The number of nitrogens with one attached hydrogen (secondary N) is 1. The van der Waals surface area contributed by atoms with Crippen molar-refractivity contribution in [2.24, 2.45) is 5.92 Å². The Morgan fingerprint density at radius 2 is 2.24 bits per heavy atom. The van der Waals surface area contributed by atoms with E-state index in [9.17, 15) is 0 Å². The van der Waals surface area contributed by atoms with E-state index in [1.165, 1.54) is 24.8 Å². The third kappa shape index (κ3) is 3.71. The molecule has 1 fully saturated rings. The lowest BCUT2D eigenvalue weighted by molar-refractivity contribution is 0.297. The van der Waals surface area contributed by atoms with Gasteiger partial charge in [-0.05, 0) is 44.5 Å². The van der Waals surface area contributed by atoms with Gasteiger partial charge in [-0.2, -0.15) is 0 Å². The van der Waals surface area contributed by atoms with Crippen LogP contribution in [0.3, 0.4) is 0 Å². The second-order valence-electron chi connectivity index (χ2n) is 4.77. The maximum Gasteiger partial charge on any atom is 0.124 e. The number of benzene rings is 1. The van der Waals surface area contributed by atoms with Crippen molar-refractivity contribution in [3.05, 3.63) is 28.2 Å². The van der Waals surface area contributed by atoms with Gasteiger partial charge in [0.25, 0.3) is 0 Å². The Labute approximate surface area is 112 Å². The van der Waals surface area contributed by atoms with Gasteiger partial charge < -0.3 is 10.1 Å². The highest BCUT2D eigenvalue weighted by molar-refractivity contribution is 9.10. The monoisotopic (exact) mass is 297 g/mol.